The Morgan fingerprint density at radius 1 is 1.29 bits per heavy atom. The van der Waals surface area contributed by atoms with Crippen LogP contribution in [0.3, 0.4) is 0 Å². The van der Waals surface area contributed by atoms with E-state index in [2.05, 4.69) is 26.6 Å². The molecule has 0 radical (unpaired) electrons. The molecule has 1 aliphatic rings. The van der Waals surface area contributed by atoms with Crippen molar-refractivity contribution >= 4 is 44.8 Å². The number of halogens is 3. The number of benzene rings is 1. The molecule has 2 N–H and O–H groups in total. The van der Waals surface area contributed by atoms with Crippen LogP contribution in [-0.4, -0.2) is 19.1 Å². The number of rotatable bonds is 3. The third-order valence-corrected chi connectivity index (χ3v) is 4.76. The summed E-state index contributed by atoms with van der Waals surface area (Å²) in [7, 11) is 0. The molecular weight excluding hydrogens is 323 g/mol. The van der Waals surface area contributed by atoms with Crippen LogP contribution in [-0.2, 0) is 0 Å². The summed E-state index contributed by atoms with van der Waals surface area (Å²) >= 11 is 15.6. The van der Waals surface area contributed by atoms with Gasteiger partial charge < -0.3 is 10.6 Å². The maximum absolute atomic E-state index is 6.17. The second-order valence-electron chi connectivity index (χ2n) is 4.25. The lowest BCUT2D eigenvalue weighted by atomic mass is 10.1. The summed E-state index contributed by atoms with van der Waals surface area (Å²) in [6.45, 7) is 2.00. The van der Waals surface area contributed by atoms with Gasteiger partial charge in [-0.2, -0.15) is 0 Å². The van der Waals surface area contributed by atoms with Crippen LogP contribution < -0.4 is 10.6 Å². The lowest BCUT2D eigenvalue weighted by Gasteiger charge is -2.24. The highest BCUT2D eigenvalue weighted by Gasteiger charge is 2.13. The minimum Gasteiger partial charge on any atom is -0.382 e. The Hall–Kier alpha value is 0.0400. The van der Waals surface area contributed by atoms with Crippen molar-refractivity contribution in [2.45, 2.75) is 25.3 Å². The molecule has 0 aromatic heterocycles. The first-order valence-electron chi connectivity index (χ1n) is 5.79. The van der Waals surface area contributed by atoms with Gasteiger partial charge in [-0.1, -0.05) is 29.6 Å². The lowest BCUT2D eigenvalue weighted by molar-refractivity contribution is 0.414. The fourth-order valence-electron chi connectivity index (χ4n) is 1.99. The van der Waals surface area contributed by atoms with Gasteiger partial charge in [-0.25, -0.2) is 0 Å². The van der Waals surface area contributed by atoms with Gasteiger partial charge in [-0.15, -0.1) is 0 Å². The van der Waals surface area contributed by atoms with Crippen LogP contribution >= 0.6 is 39.1 Å². The van der Waals surface area contributed by atoms with E-state index >= 15 is 0 Å². The number of piperidine rings is 1. The molecule has 2 nitrogen and oxygen atoms in total. The fraction of sp³-hybridized carbons (Fsp3) is 0.500. The van der Waals surface area contributed by atoms with Gasteiger partial charge in [0.2, 0.25) is 0 Å². The van der Waals surface area contributed by atoms with Crippen LogP contribution in [0.5, 0.6) is 0 Å². The lowest BCUT2D eigenvalue weighted by Crippen LogP contribution is -2.39. The predicted molar refractivity (Wildman–Crippen MR) is 78.3 cm³/mol. The van der Waals surface area contributed by atoms with Gasteiger partial charge in [0, 0.05) is 17.1 Å². The molecule has 1 fully saturated rings. The molecule has 1 aliphatic heterocycles. The van der Waals surface area contributed by atoms with Gasteiger partial charge in [0.05, 0.1) is 15.7 Å². The molecule has 1 atom stereocenters. The topological polar surface area (TPSA) is 24.1 Å². The minimum atomic E-state index is 0.530. The third-order valence-electron chi connectivity index (χ3n) is 2.99. The molecule has 94 valence electrons. The molecule has 0 saturated carbocycles. The largest absolute Gasteiger partial charge is 0.382 e. The summed E-state index contributed by atoms with van der Waals surface area (Å²) in [5.41, 5.74) is 0.896. The standard InChI is InChI=1S/C12H15BrCl2N2/c13-9-4-5-10(12(15)11(9)14)17-7-8-3-1-2-6-16-8/h4-5,8,16-17H,1-3,6-7H2. The zero-order valence-corrected chi connectivity index (χ0v) is 12.5. The Balaban J connectivity index is 1.96. The summed E-state index contributed by atoms with van der Waals surface area (Å²) in [5, 5.41) is 7.98. The third kappa shape index (κ3) is 3.50. The molecule has 1 aromatic rings. The van der Waals surface area contributed by atoms with Gasteiger partial charge in [-0.3, -0.25) is 0 Å². The van der Waals surface area contributed by atoms with Crippen LogP contribution in [0.4, 0.5) is 5.69 Å². The van der Waals surface area contributed by atoms with Gasteiger partial charge in [-0.05, 0) is 47.4 Å². The predicted octanol–water partition coefficient (Wildman–Crippen LogP) is 4.31. The first-order chi connectivity index (χ1) is 8.18. The van der Waals surface area contributed by atoms with E-state index in [0.717, 1.165) is 23.2 Å². The Labute approximate surface area is 120 Å². The molecule has 1 heterocycles. The summed E-state index contributed by atoms with van der Waals surface area (Å²) in [6.07, 6.45) is 3.80. The molecule has 0 aliphatic carbocycles. The SMILES string of the molecule is Clc1c(Br)ccc(NCC2CCCCN2)c1Cl. The molecule has 1 saturated heterocycles. The zero-order chi connectivity index (χ0) is 12.3. The monoisotopic (exact) mass is 336 g/mol. The van der Waals surface area contributed by atoms with E-state index in [1.165, 1.54) is 19.3 Å². The van der Waals surface area contributed by atoms with Gasteiger partial charge in [0.1, 0.15) is 0 Å². The molecular formula is C12H15BrCl2N2. The Morgan fingerprint density at radius 2 is 2.12 bits per heavy atom. The maximum atomic E-state index is 6.17. The van der Waals surface area contributed by atoms with Crippen molar-refractivity contribution in [2.24, 2.45) is 0 Å². The van der Waals surface area contributed by atoms with E-state index in [1.54, 1.807) is 0 Å². The van der Waals surface area contributed by atoms with E-state index in [-0.39, 0.29) is 0 Å². The van der Waals surface area contributed by atoms with E-state index in [4.69, 9.17) is 23.2 Å². The Kier molecular flexibility index (Phi) is 4.97. The smallest absolute Gasteiger partial charge is 0.0835 e. The second kappa shape index (κ2) is 6.28. The van der Waals surface area contributed by atoms with Crippen molar-refractivity contribution in [3.63, 3.8) is 0 Å². The summed E-state index contributed by atoms with van der Waals surface area (Å²) in [5.74, 6) is 0. The number of hydrogen-bond donors (Lipinski definition) is 2. The molecule has 1 aromatic carbocycles. The number of nitrogens with one attached hydrogen (secondary N) is 2. The van der Waals surface area contributed by atoms with Crippen LogP contribution in [0.25, 0.3) is 0 Å². The highest BCUT2D eigenvalue weighted by Crippen LogP contribution is 2.35. The van der Waals surface area contributed by atoms with Gasteiger partial charge in [0.15, 0.2) is 0 Å². The molecule has 1 unspecified atom stereocenters. The Bertz CT molecular complexity index is 392. The van der Waals surface area contributed by atoms with E-state index in [9.17, 15) is 0 Å². The average molecular weight is 338 g/mol. The van der Waals surface area contributed by atoms with Crippen LogP contribution in [0, 0.1) is 0 Å². The second-order valence-corrected chi connectivity index (χ2v) is 5.86. The highest BCUT2D eigenvalue weighted by molar-refractivity contribution is 9.10. The quantitative estimate of drug-likeness (QED) is 0.803. The summed E-state index contributed by atoms with van der Waals surface area (Å²) < 4.78 is 0.825. The summed E-state index contributed by atoms with van der Waals surface area (Å²) in [4.78, 5) is 0. The minimum absolute atomic E-state index is 0.530. The number of anilines is 1. The highest BCUT2D eigenvalue weighted by atomic mass is 79.9. The van der Waals surface area contributed by atoms with Gasteiger partial charge in [0.25, 0.3) is 0 Å². The molecule has 5 heteroatoms. The van der Waals surface area contributed by atoms with Crippen molar-refractivity contribution in [3.05, 3.63) is 26.7 Å². The van der Waals surface area contributed by atoms with Crippen LogP contribution in [0.2, 0.25) is 10.0 Å². The van der Waals surface area contributed by atoms with Crippen molar-refractivity contribution in [1.82, 2.24) is 5.32 Å². The zero-order valence-electron chi connectivity index (χ0n) is 9.40. The first-order valence-corrected chi connectivity index (χ1v) is 7.34. The van der Waals surface area contributed by atoms with Crippen LogP contribution in [0.15, 0.2) is 16.6 Å². The molecule has 0 spiro atoms. The average Bonchev–Trinajstić information content (AvgIpc) is 2.36. The van der Waals surface area contributed by atoms with Crippen molar-refractivity contribution in [2.75, 3.05) is 18.4 Å². The molecule has 0 amide bonds. The van der Waals surface area contributed by atoms with Gasteiger partial charge >= 0.3 is 0 Å². The van der Waals surface area contributed by atoms with E-state index < -0.39 is 0 Å². The molecule has 2 rings (SSSR count). The van der Waals surface area contributed by atoms with Crippen molar-refractivity contribution in [1.29, 1.82) is 0 Å². The maximum Gasteiger partial charge on any atom is 0.0835 e. The van der Waals surface area contributed by atoms with Crippen molar-refractivity contribution in [3.8, 4) is 0 Å². The van der Waals surface area contributed by atoms with E-state index in [1.807, 2.05) is 12.1 Å². The number of hydrogen-bond acceptors (Lipinski definition) is 2. The summed E-state index contributed by atoms with van der Waals surface area (Å²) in [6, 6.07) is 4.38. The van der Waals surface area contributed by atoms with Crippen molar-refractivity contribution < 1.29 is 0 Å². The molecule has 0 bridgehead atoms. The van der Waals surface area contributed by atoms with E-state index in [0.29, 0.717) is 16.1 Å². The van der Waals surface area contributed by atoms with Crippen LogP contribution in [0.1, 0.15) is 19.3 Å². The normalized spacial score (nSPS) is 20.3. The first kappa shape index (κ1) is 13.5. The fourth-order valence-corrected chi connectivity index (χ4v) is 2.83. The molecule has 17 heavy (non-hydrogen) atoms. The Morgan fingerprint density at radius 3 is 2.82 bits per heavy atom.